The zero-order valence-corrected chi connectivity index (χ0v) is 13.0. The normalized spacial score (nSPS) is 10.7. The van der Waals surface area contributed by atoms with Crippen molar-refractivity contribution in [2.45, 2.75) is 27.4 Å². The Morgan fingerprint density at radius 2 is 1.73 bits per heavy atom. The van der Waals surface area contributed by atoms with E-state index in [2.05, 4.69) is 16.2 Å². The van der Waals surface area contributed by atoms with Gasteiger partial charge in [-0.05, 0) is 50.1 Å². The molecule has 4 nitrogen and oxygen atoms in total. The average molecular weight is 294 g/mol. The molecule has 1 heterocycles. The molecule has 0 aliphatic carbocycles. The average Bonchev–Trinajstić information content (AvgIpc) is 2.93. The van der Waals surface area contributed by atoms with Crippen LogP contribution in [-0.4, -0.2) is 10.1 Å². The summed E-state index contributed by atoms with van der Waals surface area (Å²) in [5.41, 5.74) is 4.44. The van der Waals surface area contributed by atoms with Crippen LogP contribution in [0.4, 0.5) is 0 Å². The van der Waals surface area contributed by atoms with E-state index < -0.39 is 0 Å². The van der Waals surface area contributed by atoms with Gasteiger partial charge in [-0.15, -0.1) is 0 Å². The summed E-state index contributed by atoms with van der Waals surface area (Å²) < 4.78 is 11.0. The van der Waals surface area contributed by atoms with Gasteiger partial charge >= 0.3 is 0 Å². The topological polar surface area (TPSA) is 48.2 Å². The van der Waals surface area contributed by atoms with Gasteiger partial charge < -0.3 is 9.26 Å². The molecule has 0 fully saturated rings. The molecule has 0 aliphatic heterocycles. The maximum Gasteiger partial charge on any atom is 0.264 e. The Bertz CT molecular complexity index is 773. The number of benzene rings is 2. The third-order valence-corrected chi connectivity index (χ3v) is 3.30. The van der Waals surface area contributed by atoms with Crippen LogP contribution in [0.25, 0.3) is 11.4 Å². The number of aryl methyl sites for hydroxylation is 3. The molecule has 0 unspecified atom stereocenters. The lowest BCUT2D eigenvalue weighted by Gasteiger charge is -2.05. The molecule has 0 spiro atoms. The van der Waals surface area contributed by atoms with Crippen LogP contribution in [0, 0.1) is 20.8 Å². The first-order valence-corrected chi connectivity index (χ1v) is 7.21. The van der Waals surface area contributed by atoms with Gasteiger partial charge in [0.15, 0.2) is 6.61 Å². The summed E-state index contributed by atoms with van der Waals surface area (Å²) in [6.45, 7) is 6.39. The lowest BCUT2D eigenvalue weighted by atomic mass is 10.1. The highest BCUT2D eigenvalue weighted by Crippen LogP contribution is 2.19. The Balaban J connectivity index is 1.72. The number of hydrogen-bond acceptors (Lipinski definition) is 4. The second kappa shape index (κ2) is 6.02. The molecule has 22 heavy (non-hydrogen) atoms. The quantitative estimate of drug-likeness (QED) is 0.722. The molecule has 0 aliphatic rings. The molecular weight excluding hydrogens is 276 g/mol. The van der Waals surface area contributed by atoms with E-state index in [1.165, 1.54) is 11.1 Å². The fourth-order valence-corrected chi connectivity index (χ4v) is 2.38. The first kappa shape index (κ1) is 14.3. The second-order valence-corrected chi connectivity index (χ2v) is 5.49. The Morgan fingerprint density at radius 1 is 0.955 bits per heavy atom. The van der Waals surface area contributed by atoms with E-state index in [-0.39, 0.29) is 6.61 Å². The molecule has 0 radical (unpaired) electrons. The van der Waals surface area contributed by atoms with Crippen molar-refractivity contribution < 1.29 is 9.26 Å². The minimum atomic E-state index is 0.266. The molecule has 0 bridgehead atoms. The number of rotatable bonds is 4. The number of ether oxygens (including phenoxy) is 1. The highest BCUT2D eigenvalue weighted by atomic mass is 16.5. The third-order valence-electron chi connectivity index (χ3n) is 3.30. The Hall–Kier alpha value is -2.62. The molecule has 3 rings (SSSR count). The van der Waals surface area contributed by atoms with Crippen molar-refractivity contribution in [2.75, 3.05) is 0 Å². The van der Waals surface area contributed by atoms with Crippen molar-refractivity contribution >= 4 is 0 Å². The number of aromatic nitrogens is 2. The molecule has 112 valence electrons. The summed E-state index contributed by atoms with van der Waals surface area (Å²) in [6, 6.07) is 14.1. The van der Waals surface area contributed by atoms with Crippen molar-refractivity contribution in [3.05, 3.63) is 65.0 Å². The summed E-state index contributed by atoms with van der Waals surface area (Å²) in [5.74, 6) is 1.87. The zero-order chi connectivity index (χ0) is 15.5. The monoisotopic (exact) mass is 294 g/mol. The van der Waals surface area contributed by atoms with Crippen molar-refractivity contribution in [3.63, 3.8) is 0 Å². The van der Waals surface area contributed by atoms with Crippen LogP contribution in [-0.2, 0) is 6.61 Å². The highest BCUT2D eigenvalue weighted by Gasteiger charge is 2.09. The van der Waals surface area contributed by atoms with Crippen LogP contribution in [0.2, 0.25) is 0 Å². The molecular formula is C18H18N2O2. The fraction of sp³-hybridized carbons (Fsp3) is 0.222. The Morgan fingerprint density at radius 3 is 2.45 bits per heavy atom. The largest absolute Gasteiger partial charge is 0.484 e. The molecule has 4 heteroatoms. The molecule has 2 aromatic carbocycles. The van der Waals surface area contributed by atoms with Crippen LogP contribution in [0.5, 0.6) is 5.75 Å². The van der Waals surface area contributed by atoms with E-state index in [9.17, 15) is 0 Å². The van der Waals surface area contributed by atoms with E-state index in [0.29, 0.717) is 11.7 Å². The predicted octanol–water partition coefficient (Wildman–Crippen LogP) is 4.24. The van der Waals surface area contributed by atoms with Gasteiger partial charge in [0.1, 0.15) is 5.75 Å². The van der Waals surface area contributed by atoms with Gasteiger partial charge in [-0.3, -0.25) is 0 Å². The SMILES string of the molecule is Cc1cc(C)cc(OCc2nc(-c3cccc(C)c3)no2)c1. The first-order chi connectivity index (χ1) is 10.6. The summed E-state index contributed by atoms with van der Waals surface area (Å²) in [7, 11) is 0. The summed E-state index contributed by atoms with van der Waals surface area (Å²) in [6.07, 6.45) is 0. The minimum Gasteiger partial charge on any atom is -0.484 e. The highest BCUT2D eigenvalue weighted by molar-refractivity contribution is 5.55. The third kappa shape index (κ3) is 3.34. The maximum atomic E-state index is 5.73. The molecule has 0 N–H and O–H groups in total. The molecule has 1 aromatic heterocycles. The standard InChI is InChI=1S/C18H18N2O2/c1-12-5-4-6-15(8-12)18-19-17(22-20-18)11-21-16-9-13(2)7-14(3)10-16/h4-10H,11H2,1-3H3. The van der Waals surface area contributed by atoms with Gasteiger partial charge in [-0.25, -0.2) is 0 Å². The van der Waals surface area contributed by atoms with Gasteiger partial charge in [0.05, 0.1) is 0 Å². The van der Waals surface area contributed by atoms with Crippen LogP contribution in [0.3, 0.4) is 0 Å². The fourth-order valence-electron chi connectivity index (χ4n) is 2.38. The molecule has 0 saturated carbocycles. The smallest absolute Gasteiger partial charge is 0.264 e. The van der Waals surface area contributed by atoms with Crippen molar-refractivity contribution in [2.24, 2.45) is 0 Å². The summed E-state index contributed by atoms with van der Waals surface area (Å²) in [5, 5.41) is 4.01. The summed E-state index contributed by atoms with van der Waals surface area (Å²) in [4.78, 5) is 4.38. The van der Waals surface area contributed by atoms with Crippen LogP contribution in [0.1, 0.15) is 22.6 Å². The van der Waals surface area contributed by atoms with E-state index in [4.69, 9.17) is 9.26 Å². The van der Waals surface area contributed by atoms with E-state index in [1.54, 1.807) is 0 Å². The van der Waals surface area contributed by atoms with Crippen molar-refractivity contribution in [1.29, 1.82) is 0 Å². The molecule has 0 saturated heterocycles. The van der Waals surface area contributed by atoms with Gasteiger partial charge in [0.2, 0.25) is 5.82 Å². The van der Waals surface area contributed by atoms with Crippen LogP contribution < -0.4 is 4.74 Å². The van der Waals surface area contributed by atoms with Crippen LogP contribution in [0.15, 0.2) is 47.0 Å². The maximum absolute atomic E-state index is 5.73. The Labute approximate surface area is 129 Å². The van der Waals surface area contributed by atoms with E-state index in [0.717, 1.165) is 16.9 Å². The second-order valence-electron chi connectivity index (χ2n) is 5.49. The molecule has 3 aromatic rings. The first-order valence-electron chi connectivity index (χ1n) is 7.21. The number of hydrogen-bond donors (Lipinski definition) is 0. The summed E-state index contributed by atoms with van der Waals surface area (Å²) >= 11 is 0. The number of nitrogens with zero attached hydrogens (tertiary/aromatic N) is 2. The Kier molecular flexibility index (Phi) is 3.92. The lowest BCUT2D eigenvalue weighted by Crippen LogP contribution is -1.96. The zero-order valence-electron chi connectivity index (χ0n) is 13.0. The van der Waals surface area contributed by atoms with Crippen molar-refractivity contribution in [3.8, 4) is 17.1 Å². The predicted molar refractivity (Wildman–Crippen MR) is 84.7 cm³/mol. The van der Waals surface area contributed by atoms with Gasteiger partial charge in [-0.1, -0.05) is 35.0 Å². The van der Waals surface area contributed by atoms with Gasteiger partial charge in [-0.2, -0.15) is 4.98 Å². The van der Waals surface area contributed by atoms with Gasteiger partial charge in [0, 0.05) is 5.56 Å². The lowest BCUT2D eigenvalue weighted by molar-refractivity contribution is 0.242. The van der Waals surface area contributed by atoms with Crippen molar-refractivity contribution in [1.82, 2.24) is 10.1 Å². The van der Waals surface area contributed by atoms with E-state index >= 15 is 0 Å². The molecule has 0 atom stereocenters. The van der Waals surface area contributed by atoms with Crippen LogP contribution >= 0.6 is 0 Å². The van der Waals surface area contributed by atoms with Gasteiger partial charge in [0.25, 0.3) is 5.89 Å². The molecule has 0 amide bonds. The van der Waals surface area contributed by atoms with E-state index in [1.807, 2.05) is 57.2 Å². The minimum absolute atomic E-state index is 0.266.